The third-order valence-electron chi connectivity index (χ3n) is 4.64. The number of hydrogen-bond acceptors (Lipinski definition) is 2. The molecule has 0 saturated heterocycles. The number of nitrogens with zero attached hydrogens (tertiary/aromatic N) is 1. The van der Waals surface area contributed by atoms with Crippen LogP contribution in [0.1, 0.15) is 11.1 Å². The summed E-state index contributed by atoms with van der Waals surface area (Å²) in [7, 11) is -0.876. The molecule has 4 aromatic rings. The summed E-state index contributed by atoms with van der Waals surface area (Å²) >= 11 is 0. The summed E-state index contributed by atoms with van der Waals surface area (Å²) in [5.41, 5.74) is 2.71. The highest BCUT2D eigenvalue weighted by Crippen LogP contribution is 2.37. The molecule has 0 radical (unpaired) electrons. The van der Waals surface area contributed by atoms with E-state index in [0.717, 1.165) is 22.1 Å². The number of aromatic hydroxyl groups is 1. The summed E-state index contributed by atoms with van der Waals surface area (Å²) in [6.07, 6.45) is 1.75. The molecule has 4 aromatic carbocycles. The largest absolute Gasteiger partial charge is 0.507 e. The Kier molecular flexibility index (Phi) is 5.84. The highest BCUT2D eigenvalue weighted by Gasteiger charge is 2.21. The van der Waals surface area contributed by atoms with Gasteiger partial charge in [-0.15, -0.1) is 0 Å². The Morgan fingerprint density at radius 2 is 1.24 bits per heavy atom. The van der Waals surface area contributed by atoms with E-state index in [2.05, 4.69) is 66.5 Å². The van der Waals surface area contributed by atoms with E-state index in [1.807, 2.05) is 48.5 Å². The molecule has 142 valence electrons. The van der Waals surface area contributed by atoms with Gasteiger partial charge in [-0.05, 0) is 55.3 Å². The van der Waals surface area contributed by atoms with Crippen molar-refractivity contribution in [2.24, 2.45) is 4.99 Å². The molecule has 0 atom stereocenters. The minimum atomic E-state index is -0.876. The van der Waals surface area contributed by atoms with Gasteiger partial charge >= 0.3 is 0 Å². The van der Waals surface area contributed by atoms with Crippen molar-refractivity contribution in [3.8, 4) is 5.75 Å². The van der Waals surface area contributed by atoms with Crippen molar-refractivity contribution in [2.75, 3.05) is 0 Å². The molecule has 0 heterocycles. The number of aryl methyl sites for hydroxylation is 1. The fraction of sp³-hybridized carbons (Fsp3) is 0.0385. The summed E-state index contributed by atoms with van der Waals surface area (Å²) < 4.78 is 0. The molecule has 0 spiro atoms. The number of hydrogen-bond donors (Lipinski definition) is 1. The molecular weight excluding hydrogens is 373 g/mol. The lowest BCUT2D eigenvalue weighted by Crippen LogP contribution is -2.21. The summed E-state index contributed by atoms with van der Waals surface area (Å²) in [5.74, 6) is 0.300. The van der Waals surface area contributed by atoms with E-state index >= 15 is 0 Å². The van der Waals surface area contributed by atoms with Gasteiger partial charge in [0.15, 0.2) is 0 Å². The fourth-order valence-electron chi connectivity index (χ4n) is 3.30. The minimum absolute atomic E-state index is 0.300. The molecule has 3 heteroatoms. The van der Waals surface area contributed by atoms with Crippen LogP contribution in [0.5, 0.6) is 5.75 Å². The van der Waals surface area contributed by atoms with Gasteiger partial charge in [0.1, 0.15) is 5.75 Å². The van der Waals surface area contributed by atoms with Crippen molar-refractivity contribution in [3.63, 3.8) is 0 Å². The van der Waals surface area contributed by atoms with Crippen LogP contribution in [0.15, 0.2) is 108 Å². The lowest BCUT2D eigenvalue weighted by molar-refractivity contribution is 0.479. The summed E-state index contributed by atoms with van der Waals surface area (Å²) in [5, 5.41) is 14.6. The van der Waals surface area contributed by atoms with Crippen molar-refractivity contribution in [2.45, 2.75) is 6.92 Å². The van der Waals surface area contributed by atoms with E-state index < -0.39 is 7.92 Å². The molecule has 0 unspecified atom stereocenters. The second kappa shape index (κ2) is 8.86. The van der Waals surface area contributed by atoms with Crippen molar-refractivity contribution in [1.82, 2.24) is 0 Å². The first-order valence-corrected chi connectivity index (χ1v) is 10.9. The Bertz CT molecular complexity index is 1070. The van der Waals surface area contributed by atoms with Crippen molar-refractivity contribution >= 4 is 35.7 Å². The minimum Gasteiger partial charge on any atom is -0.507 e. The molecule has 0 fully saturated rings. The molecule has 0 saturated carbocycles. The van der Waals surface area contributed by atoms with Crippen LogP contribution in [-0.2, 0) is 0 Å². The number of phenols is 1. The second-order valence-corrected chi connectivity index (χ2v) is 9.01. The topological polar surface area (TPSA) is 32.6 Å². The second-order valence-electron chi connectivity index (χ2n) is 6.82. The van der Waals surface area contributed by atoms with E-state index in [1.165, 1.54) is 10.6 Å². The smallest absolute Gasteiger partial charge is 0.132 e. The van der Waals surface area contributed by atoms with Gasteiger partial charge in [-0.3, -0.25) is 4.99 Å². The van der Waals surface area contributed by atoms with Gasteiger partial charge in [0.2, 0.25) is 0 Å². The number of phenolic OH excluding ortho intramolecular Hbond substituents is 1. The third-order valence-corrected chi connectivity index (χ3v) is 7.09. The first kappa shape index (κ1) is 19.1. The Hall–Kier alpha value is -3.22. The SMILES string of the molecule is Cc1cc(C=Nc2ccccc2)c(O)c(P(c2ccccc2)c2ccccc2)c1. The molecule has 0 amide bonds. The third kappa shape index (κ3) is 4.45. The quantitative estimate of drug-likeness (QED) is 0.365. The predicted molar refractivity (Wildman–Crippen MR) is 125 cm³/mol. The fourth-order valence-corrected chi connectivity index (χ4v) is 5.76. The zero-order chi connectivity index (χ0) is 20.1. The Morgan fingerprint density at radius 3 is 1.79 bits per heavy atom. The van der Waals surface area contributed by atoms with Gasteiger partial charge < -0.3 is 5.11 Å². The Morgan fingerprint density at radius 1 is 0.724 bits per heavy atom. The van der Waals surface area contributed by atoms with E-state index in [1.54, 1.807) is 6.21 Å². The van der Waals surface area contributed by atoms with Crippen molar-refractivity contribution in [3.05, 3.63) is 114 Å². The zero-order valence-corrected chi connectivity index (χ0v) is 17.1. The predicted octanol–water partition coefficient (Wildman–Crippen LogP) is 5.21. The van der Waals surface area contributed by atoms with Gasteiger partial charge in [0.25, 0.3) is 0 Å². The van der Waals surface area contributed by atoms with E-state index in [0.29, 0.717) is 5.75 Å². The number of aliphatic imine (C=N–C) groups is 1. The van der Waals surface area contributed by atoms with Crippen LogP contribution in [0.4, 0.5) is 5.69 Å². The Labute approximate surface area is 173 Å². The van der Waals surface area contributed by atoms with Crippen LogP contribution in [0.2, 0.25) is 0 Å². The van der Waals surface area contributed by atoms with Gasteiger partial charge in [-0.1, -0.05) is 78.9 Å². The van der Waals surface area contributed by atoms with E-state index in [9.17, 15) is 5.11 Å². The molecule has 2 nitrogen and oxygen atoms in total. The number of rotatable bonds is 5. The molecule has 0 aliphatic rings. The maximum absolute atomic E-state index is 11.2. The van der Waals surface area contributed by atoms with Gasteiger partial charge in [-0.25, -0.2) is 0 Å². The van der Waals surface area contributed by atoms with Crippen molar-refractivity contribution < 1.29 is 5.11 Å². The first-order chi connectivity index (χ1) is 14.2. The van der Waals surface area contributed by atoms with Crippen LogP contribution in [0.25, 0.3) is 0 Å². The highest BCUT2D eigenvalue weighted by molar-refractivity contribution is 7.80. The van der Waals surface area contributed by atoms with Crippen LogP contribution < -0.4 is 15.9 Å². The maximum Gasteiger partial charge on any atom is 0.132 e. The molecule has 4 rings (SSSR count). The zero-order valence-electron chi connectivity index (χ0n) is 16.2. The Balaban J connectivity index is 1.83. The maximum atomic E-state index is 11.2. The average Bonchev–Trinajstić information content (AvgIpc) is 2.77. The first-order valence-electron chi connectivity index (χ1n) is 9.55. The lowest BCUT2D eigenvalue weighted by Gasteiger charge is -2.21. The van der Waals surface area contributed by atoms with Gasteiger partial charge in [0, 0.05) is 17.1 Å². The molecule has 29 heavy (non-hydrogen) atoms. The molecular formula is C26H22NOP. The van der Waals surface area contributed by atoms with Gasteiger partial charge in [-0.2, -0.15) is 0 Å². The normalized spacial score (nSPS) is 11.2. The molecule has 0 bridgehead atoms. The molecule has 1 N–H and O–H groups in total. The summed E-state index contributed by atoms with van der Waals surface area (Å²) in [6, 6.07) is 34.7. The van der Waals surface area contributed by atoms with Crippen LogP contribution >= 0.6 is 7.92 Å². The molecule has 0 aliphatic carbocycles. The summed E-state index contributed by atoms with van der Waals surface area (Å²) in [6.45, 7) is 2.06. The van der Waals surface area contributed by atoms with E-state index in [-0.39, 0.29) is 0 Å². The van der Waals surface area contributed by atoms with E-state index in [4.69, 9.17) is 0 Å². The highest BCUT2D eigenvalue weighted by atomic mass is 31.1. The average molecular weight is 395 g/mol. The summed E-state index contributed by atoms with van der Waals surface area (Å²) in [4.78, 5) is 4.55. The van der Waals surface area contributed by atoms with Crippen LogP contribution in [-0.4, -0.2) is 11.3 Å². The van der Waals surface area contributed by atoms with Crippen molar-refractivity contribution in [1.29, 1.82) is 0 Å². The molecule has 0 aliphatic heterocycles. The standard InChI is InChI=1S/C26H22NOP/c1-20-17-21(19-27-22-11-5-2-6-12-22)26(28)25(18-20)29(23-13-7-3-8-14-23)24-15-9-4-10-16-24/h2-19,28H,1H3. The van der Waals surface area contributed by atoms with Crippen LogP contribution in [0, 0.1) is 6.92 Å². The van der Waals surface area contributed by atoms with Crippen LogP contribution in [0.3, 0.4) is 0 Å². The number of benzene rings is 4. The van der Waals surface area contributed by atoms with Gasteiger partial charge in [0.05, 0.1) is 5.69 Å². The molecule has 0 aromatic heterocycles. The monoisotopic (exact) mass is 395 g/mol. The lowest BCUT2D eigenvalue weighted by atomic mass is 10.1. The number of para-hydroxylation sites is 1.